The first-order valence-electron chi connectivity index (χ1n) is 6.08. The Labute approximate surface area is 122 Å². The van der Waals surface area contributed by atoms with E-state index >= 15 is 0 Å². The summed E-state index contributed by atoms with van der Waals surface area (Å²) in [6.07, 6.45) is 2.32. The average Bonchev–Trinajstić information content (AvgIpc) is 2.67. The normalized spacial score (nSPS) is 12.3. The summed E-state index contributed by atoms with van der Waals surface area (Å²) in [5.41, 5.74) is 1.36. The van der Waals surface area contributed by atoms with Crippen molar-refractivity contribution >= 4 is 34.4 Å². The second-order valence-corrected chi connectivity index (χ2v) is 5.86. The van der Waals surface area contributed by atoms with Crippen LogP contribution in [-0.2, 0) is 16.7 Å². The quantitative estimate of drug-likeness (QED) is 0.796. The van der Waals surface area contributed by atoms with Gasteiger partial charge in [-0.3, -0.25) is 0 Å². The average molecular weight is 302 g/mol. The molecule has 0 radical (unpaired) electrons. The van der Waals surface area contributed by atoms with Crippen molar-refractivity contribution in [2.24, 2.45) is 0 Å². The Morgan fingerprint density at radius 2 is 2.16 bits per heavy atom. The number of fused-ring (bicyclic) bond motifs is 1. The Morgan fingerprint density at radius 3 is 2.79 bits per heavy atom. The van der Waals surface area contributed by atoms with E-state index in [4.69, 9.17) is 27.9 Å². The largest absolute Gasteiger partial charge is 0.382 e. The Hall–Kier alpha value is -0.840. The summed E-state index contributed by atoms with van der Waals surface area (Å²) in [5, 5.41) is 0.583. The molecule has 2 rings (SSSR count). The second-order valence-electron chi connectivity index (χ2n) is 5.04. The highest BCUT2D eigenvalue weighted by Crippen LogP contribution is 2.26. The maximum Gasteiger partial charge on any atom is 0.160 e. The molecule has 0 amide bonds. The fraction of sp³-hybridized carbons (Fsp3) is 0.538. The molecule has 0 aliphatic rings. The van der Waals surface area contributed by atoms with Crippen molar-refractivity contribution < 1.29 is 4.74 Å². The maximum atomic E-state index is 5.97. The molecule has 104 valence electrons. The number of hydrogen-bond acceptors (Lipinski definition) is 3. The molecule has 2 aromatic heterocycles. The van der Waals surface area contributed by atoms with Crippen LogP contribution in [0.15, 0.2) is 12.3 Å². The van der Waals surface area contributed by atoms with E-state index in [9.17, 15) is 0 Å². The van der Waals surface area contributed by atoms with Gasteiger partial charge in [0.25, 0.3) is 0 Å². The van der Waals surface area contributed by atoms with Gasteiger partial charge in [0.05, 0.1) is 17.2 Å². The van der Waals surface area contributed by atoms with Gasteiger partial charge in [0.2, 0.25) is 0 Å². The molecule has 19 heavy (non-hydrogen) atoms. The predicted molar refractivity (Wildman–Crippen MR) is 78.2 cm³/mol. The molecule has 4 nitrogen and oxygen atoms in total. The van der Waals surface area contributed by atoms with Crippen molar-refractivity contribution in [3.63, 3.8) is 0 Å². The van der Waals surface area contributed by atoms with Gasteiger partial charge in [-0.1, -0.05) is 11.6 Å². The zero-order valence-corrected chi connectivity index (χ0v) is 12.8. The molecular formula is C13H17Cl2N3O. The lowest BCUT2D eigenvalue weighted by Crippen LogP contribution is -2.33. The Balaban J connectivity index is 2.64. The first kappa shape index (κ1) is 14.6. The molecule has 0 bridgehead atoms. The molecule has 0 N–H and O–H groups in total. The first-order chi connectivity index (χ1) is 8.99. The highest BCUT2D eigenvalue weighted by molar-refractivity contribution is 6.31. The fourth-order valence-electron chi connectivity index (χ4n) is 2.29. The predicted octanol–water partition coefficient (Wildman–Crippen LogP) is 3.25. The van der Waals surface area contributed by atoms with Crippen molar-refractivity contribution in [2.75, 3.05) is 19.6 Å². The second kappa shape index (κ2) is 5.65. The van der Waals surface area contributed by atoms with Crippen molar-refractivity contribution in [2.45, 2.75) is 25.8 Å². The van der Waals surface area contributed by atoms with Crippen LogP contribution in [0.1, 0.15) is 19.7 Å². The number of ether oxygens (including phenoxy) is 1. The van der Waals surface area contributed by atoms with Gasteiger partial charge < -0.3 is 9.30 Å². The summed E-state index contributed by atoms with van der Waals surface area (Å²) in [5.74, 6) is 1.42. The summed E-state index contributed by atoms with van der Waals surface area (Å²) in [4.78, 5) is 8.99. The van der Waals surface area contributed by atoms with Crippen LogP contribution in [0, 0.1) is 0 Å². The van der Waals surface area contributed by atoms with E-state index in [0.29, 0.717) is 23.9 Å². The van der Waals surface area contributed by atoms with Gasteiger partial charge in [-0.2, -0.15) is 0 Å². The highest BCUT2D eigenvalue weighted by Gasteiger charge is 2.26. The van der Waals surface area contributed by atoms with E-state index in [2.05, 4.69) is 28.4 Å². The van der Waals surface area contributed by atoms with Gasteiger partial charge in [-0.05, 0) is 19.9 Å². The zero-order valence-electron chi connectivity index (χ0n) is 11.3. The van der Waals surface area contributed by atoms with E-state index in [1.807, 2.05) is 6.07 Å². The summed E-state index contributed by atoms with van der Waals surface area (Å²) >= 11 is 11.8. The van der Waals surface area contributed by atoms with Crippen LogP contribution in [0.4, 0.5) is 0 Å². The first-order valence-corrected chi connectivity index (χ1v) is 6.99. The number of aromatic nitrogens is 3. The molecule has 0 saturated carbocycles. The number of methoxy groups -OCH3 is 1. The number of imidazole rings is 1. The third kappa shape index (κ3) is 2.86. The molecule has 0 atom stereocenters. The topological polar surface area (TPSA) is 39.9 Å². The third-order valence-electron chi connectivity index (χ3n) is 2.95. The molecule has 0 aliphatic heterocycles. The lowest BCUT2D eigenvalue weighted by molar-refractivity contribution is 0.110. The summed E-state index contributed by atoms with van der Waals surface area (Å²) < 4.78 is 7.39. The van der Waals surface area contributed by atoms with Crippen LogP contribution in [0.25, 0.3) is 11.2 Å². The zero-order chi connectivity index (χ0) is 14.0. The van der Waals surface area contributed by atoms with E-state index in [1.165, 1.54) is 0 Å². The molecular weight excluding hydrogens is 285 g/mol. The van der Waals surface area contributed by atoms with Gasteiger partial charge >= 0.3 is 0 Å². The molecule has 0 aliphatic carbocycles. The molecule has 0 unspecified atom stereocenters. The van der Waals surface area contributed by atoms with Gasteiger partial charge in [-0.25, -0.2) is 9.97 Å². The van der Waals surface area contributed by atoms with Crippen LogP contribution in [0.2, 0.25) is 5.02 Å². The van der Waals surface area contributed by atoms with E-state index < -0.39 is 0 Å². The minimum Gasteiger partial charge on any atom is -0.382 e. The van der Waals surface area contributed by atoms with Crippen LogP contribution in [-0.4, -0.2) is 34.1 Å². The van der Waals surface area contributed by atoms with Crippen molar-refractivity contribution in [1.82, 2.24) is 14.5 Å². The van der Waals surface area contributed by atoms with E-state index in [0.717, 1.165) is 17.0 Å². The number of alkyl halides is 1. The monoisotopic (exact) mass is 301 g/mol. The molecule has 6 heteroatoms. The number of hydrogen-bond donors (Lipinski definition) is 0. The number of aryl methyl sites for hydroxylation is 1. The van der Waals surface area contributed by atoms with Crippen LogP contribution < -0.4 is 0 Å². The van der Waals surface area contributed by atoms with Crippen LogP contribution >= 0.6 is 23.2 Å². The van der Waals surface area contributed by atoms with Crippen molar-refractivity contribution in [3.05, 3.63) is 23.1 Å². The Morgan fingerprint density at radius 1 is 1.42 bits per heavy atom. The van der Waals surface area contributed by atoms with Gasteiger partial charge in [-0.15, -0.1) is 11.6 Å². The SMILES string of the molecule is COCC(C)(C)n1c(CCCl)nc2cc(Cl)cnc21. The summed E-state index contributed by atoms with van der Waals surface area (Å²) in [6, 6.07) is 1.82. The Kier molecular flexibility index (Phi) is 4.33. The van der Waals surface area contributed by atoms with Crippen molar-refractivity contribution in [3.8, 4) is 0 Å². The highest BCUT2D eigenvalue weighted by atomic mass is 35.5. The van der Waals surface area contributed by atoms with E-state index in [1.54, 1.807) is 13.3 Å². The lowest BCUT2D eigenvalue weighted by atomic mass is 10.1. The molecule has 2 heterocycles. The number of rotatable bonds is 5. The van der Waals surface area contributed by atoms with Gasteiger partial charge in [0.15, 0.2) is 5.65 Å². The number of halogens is 2. The molecule has 0 spiro atoms. The van der Waals surface area contributed by atoms with Crippen LogP contribution in [0.5, 0.6) is 0 Å². The molecule has 0 aromatic carbocycles. The standard InChI is InChI=1S/C13H17Cl2N3O/c1-13(2,8-19-3)18-11(4-5-14)17-10-6-9(15)7-16-12(10)18/h6-7H,4-5,8H2,1-3H3. The van der Waals surface area contributed by atoms with Gasteiger partial charge in [0.1, 0.15) is 11.3 Å². The molecule has 0 saturated heterocycles. The smallest absolute Gasteiger partial charge is 0.160 e. The third-order valence-corrected chi connectivity index (χ3v) is 3.35. The van der Waals surface area contributed by atoms with Gasteiger partial charge in [0, 0.05) is 25.6 Å². The minimum atomic E-state index is -0.244. The summed E-state index contributed by atoms with van der Waals surface area (Å²) in [6.45, 7) is 4.75. The Bertz CT molecular complexity index is 581. The lowest BCUT2D eigenvalue weighted by Gasteiger charge is -2.28. The number of nitrogens with zero attached hydrogens (tertiary/aromatic N) is 3. The fourth-order valence-corrected chi connectivity index (χ4v) is 2.61. The summed E-state index contributed by atoms with van der Waals surface area (Å²) in [7, 11) is 1.69. The maximum absolute atomic E-state index is 5.97. The van der Waals surface area contributed by atoms with E-state index in [-0.39, 0.29) is 5.54 Å². The van der Waals surface area contributed by atoms with Crippen LogP contribution in [0.3, 0.4) is 0 Å². The number of pyridine rings is 1. The van der Waals surface area contributed by atoms with Crippen molar-refractivity contribution in [1.29, 1.82) is 0 Å². The molecule has 2 aromatic rings. The minimum absolute atomic E-state index is 0.244. The molecule has 0 fully saturated rings.